The van der Waals surface area contributed by atoms with Crippen LogP contribution in [0.4, 0.5) is 0 Å². The van der Waals surface area contributed by atoms with Gasteiger partial charge in [0.2, 0.25) is 0 Å². The maximum atomic E-state index is 4.59. The molecule has 0 aliphatic carbocycles. The fourth-order valence-electron chi connectivity index (χ4n) is 2.03. The van der Waals surface area contributed by atoms with Crippen LogP contribution >= 0.6 is 0 Å². The van der Waals surface area contributed by atoms with Gasteiger partial charge in [0, 0.05) is 24.8 Å². The number of hydrogen-bond donors (Lipinski definition) is 0. The van der Waals surface area contributed by atoms with Crippen molar-refractivity contribution in [3.05, 3.63) is 47.8 Å². The summed E-state index contributed by atoms with van der Waals surface area (Å²) in [6.07, 6.45) is 2.13. The van der Waals surface area contributed by atoms with E-state index >= 15 is 0 Å². The Morgan fingerprint density at radius 3 is 2.67 bits per heavy atom. The van der Waals surface area contributed by atoms with E-state index in [1.807, 2.05) is 22.9 Å². The van der Waals surface area contributed by atoms with Crippen molar-refractivity contribution < 1.29 is 0 Å². The van der Waals surface area contributed by atoms with Crippen LogP contribution in [0.2, 0.25) is 0 Å². The second-order valence-electron chi connectivity index (χ2n) is 4.05. The minimum absolute atomic E-state index is 0.967. The third kappa shape index (κ3) is 1.45. The fourth-order valence-corrected chi connectivity index (χ4v) is 2.03. The molecule has 2 heterocycles. The van der Waals surface area contributed by atoms with Crippen LogP contribution in [0.3, 0.4) is 0 Å². The Morgan fingerprint density at radius 2 is 1.93 bits per heavy atom. The Kier molecular flexibility index (Phi) is 1.86. The summed E-state index contributed by atoms with van der Waals surface area (Å²) in [5.41, 5.74) is 3.69. The smallest absolute Gasteiger partial charge is 0.0814 e. The SMILES string of the molecule is CN1Cc2cn(-c3ccccc3)nc2C1. The number of benzene rings is 1. The Balaban J connectivity index is 2.00. The highest BCUT2D eigenvalue weighted by Gasteiger charge is 2.19. The van der Waals surface area contributed by atoms with Crippen LogP contribution in [-0.2, 0) is 13.1 Å². The van der Waals surface area contributed by atoms with E-state index in [-0.39, 0.29) is 0 Å². The van der Waals surface area contributed by atoms with E-state index in [9.17, 15) is 0 Å². The van der Waals surface area contributed by atoms with Gasteiger partial charge >= 0.3 is 0 Å². The number of hydrogen-bond acceptors (Lipinski definition) is 2. The molecular weight excluding hydrogens is 186 g/mol. The molecule has 0 bridgehead atoms. The molecule has 0 fully saturated rings. The number of aromatic nitrogens is 2. The van der Waals surface area contributed by atoms with E-state index in [0.29, 0.717) is 0 Å². The summed E-state index contributed by atoms with van der Waals surface area (Å²) in [5.74, 6) is 0. The number of para-hydroxylation sites is 1. The fraction of sp³-hybridized carbons (Fsp3) is 0.250. The second-order valence-corrected chi connectivity index (χ2v) is 4.05. The summed E-state index contributed by atoms with van der Waals surface area (Å²) in [4.78, 5) is 2.27. The molecule has 0 saturated carbocycles. The average Bonchev–Trinajstić information content (AvgIpc) is 2.76. The highest BCUT2D eigenvalue weighted by molar-refractivity contribution is 5.33. The molecule has 2 aromatic rings. The van der Waals surface area contributed by atoms with Gasteiger partial charge in [-0.2, -0.15) is 5.10 Å². The lowest BCUT2D eigenvalue weighted by Gasteiger charge is -2.06. The molecule has 1 aliphatic heterocycles. The van der Waals surface area contributed by atoms with Gasteiger partial charge in [-0.3, -0.25) is 4.90 Å². The van der Waals surface area contributed by atoms with E-state index in [0.717, 1.165) is 18.8 Å². The van der Waals surface area contributed by atoms with Crippen LogP contribution < -0.4 is 0 Å². The molecule has 0 radical (unpaired) electrons. The van der Waals surface area contributed by atoms with Crippen LogP contribution in [0.25, 0.3) is 5.69 Å². The number of rotatable bonds is 1. The molecule has 1 aliphatic rings. The lowest BCUT2D eigenvalue weighted by Crippen LogP contribution is -2.10. The second kappa shape index (κ2) is 3.21. The number of fused-ring (bicyclic) bond motifs is 1. The largest absolute Gasteiger partial charge is 0.296 e. The predicted octanol–water partition coefficient (Wildman–Crippen LogP) is 1.82. The zero-order chi connectivity index (χ0) is 10.3. The highest BCUT2D eigenvalue weighted by atomic mass is 15.3. The van der Waals surface area contributed by atoms with E-state index in [1.54, 1.807) is 0 Å². The molecule has 0 N–H and O–H groups in total. The number of nitrogens with zero attached hydrogens (tertiary/aromatic N) is 3. The van der Waals surface area contributed by atoms with Crippen molar-refractivity contribution in [2.45, 2.75) is 13.1 Å². The molecule has 0 atom stereocenters. The van der Waals surface area contributed by atoms with Crippen LogP contribution in [0.5, 0.6) is 0 Å². The predicted molar refractivity (Wildman–Crippen MR) is 58.7 cm³/mol. The monoisotopic (exact) mass is 199 g/mol. The molecule has 3 heteroatoms. The van der Waals surface area contributed by atoms with E-state index in [2.05, 4.69) is 35.4 Å². The van der Waals surface area contributed by atoms with Gasteiger partial charge in [-0.05, 0) is 19.2 Å². The first-order valence-electron chi connectivity index (χ1n) is 5.14. The van der Waals surface area contributed by atoms with E-state index < -0.39 is 0 Å². The minimum atomic E-state index is 0.967. The van der Waals surface area contributed by atoms with Crippen molar-refractivity contribution in [2.75, 3.05) is 7.05 Å². The van der Waals surface area contributed by atoms with Crippen molar-refractivity contribution in [3.8, 4) is 5.69 Å². The van der Waals surface area contributed by atoms with Gasteiger partial charge in [0.1, 0.15) is 0 Å². The molecule has 0 amide bonds. The van der Waals surface area contributed by atoms with Crippen LogP contribution in [0, 0.1) is 0 Å². The third-order valence-electron chi connectivity index (χ3n) is 2.76. The summed E-state index contributed by atoms with van der Waals surface area (Å²) < 4.78 is 1.97. The summed E-state index contributed by atoms with van der Waals surface area (Å²) in [6, 6.07) is 10.2. The van der Waals surface area contributed by atoms with Gasteiger partial charge in [-0.15, -0.1) is 0 Å². The van der Waals surface area contributed by atoms with E-state index in [4.69, 9.17) is 0 Å². The Bertz CT molecular complexity index is 449. The van der Waals surface area contributed by atoms with Crippen molar-refractivity contribution >= 4 is 0 Å². The lowest BCUT2D eigenvalue weighted by atomic mass is 10.3. The highest BCUT2D eigenvalue weighted by Crippen LogP contribution is 2.21. The van der Waals surface area contributed by atoms with Crippen LogP contribution in [-0.4, -0.2) is 21.7 Å². The molecule has 0 spiro atoms. The summed E-state index contributed by atoms with van der Waals surface area (Å²) >= 11 is 0. The summed E-state index contributed by atoms with van der Waals surface area (Å²) in [6.45, 7) is 1.98. The topological polar surface area (TPSA) is 21.1 Å². The van der Waals surface area contributed by atoms with Crippen LogP contribution in [0.1, 0.15) is 11.3 Å². The minimum Gasteiger partial charge on any atom is -0.296 e. The standard InChI is InChI=1S/C12H13N3/c1-14-7-10-8-15(13-12(10)9-14)11-5-3-2-4-6-11/h2-6,8H,7,9H2,1H3. The molecule has 0 unspecified atom stereocenters. The van der Waals surface area contributed by atoms with Gasteiger partial charge in [0.25, 0.3) is 0 Å². The third-order valence-corrected chi connectivity index (χ3v) is 2.76. The Morgan fingerprint density at radius 1 is 1.13 bits per heavy atom. The van der Waals surface area contributed by atoms with Gasteiger partial charge in [-0.1, -0.05) is 18.2 Å². The summed E-state index contributed by atoms with van der Waals surface area (Å²) in [7, 11) is 2.12. The molecular formula is C12H13N3. The first-order valence-corrected chi connectivity index (χ1v) is 5.14. The molecule has 15 heavy (non-hydrogen) atoms. The Hall–Kier alpha value is -1.61. The first kappa shape index (κ1) is 8.68. The molecule has 76 valence electrons. The van der Waals surface area contributed by atoms with Crippen molar-refractivity contribution in [1.82, 2.24) is 14.7 Å². The van der Waals surface area contributed by atoms with Gasteiger partial charge in [-0.25, -0.2) is 4.68 Å². The van der Waals surface area contributed by atoms with Crippen molar-refractivity contribution in [2.24, 2.45) is 0 Å². The van der Waals surface area contributed by atoms with Crippen molar-refractivity contribution in [3.63, 3.8) is 0 Å². The maximum Gasteiger partial charge on any atom is 0.0814 e. The molecule has 3 rings (SSSR count). The molecule has 3 nitrogen and oxygen atoms in total. The zero-order valence-corrected chi connectivity index (χ0v) is 8.72. The van der Waals surface area contributed by atoms with Crippen LogP contribution in [0.15, 0.2) is 36.5 Å². The quantitative estimate of drug-likeness (QED) is 0.698. The molecule has 1 aromatic heterocycles. The summed E-state index contributed by atoms with van der Waals surface area (Å²) in [5, 5.41) is 4.59. The average molecular weight is 199 g/mol. The lowest BCUT2D eigenvalue weighted by molar-refractivity contribution is 0.347. The van der Waals surface area contributed by atoms with Gasteiger partial charge in [0.15, 0.2) is 0 Å². The molecule has 1 aromatic carbocycles. The Labute approximate surface area is 88.9 Å². The van der Waals surface area contributed by atoms with Gasteiger partial charge in [0.05, 0.1) is 11.4 Å². The molecule has 0 saturated heterocycles. The normalized spacial score (nSPS) is 15.5. The maximum absolute atomic E-state index is 4.59. The first-order chi connectivity index (χ1) is 7.33. The van der Waals surface area contributed by atoms with Gasteiger partial charge < -0.3 is 0 Å². The van der Waals surface area contributed by atoms with Crippen molar-refractivity contribution in [1.29, 1.82) is 0 Å². The zero-order valence-electron chi connectivity index (χ0n) is 8.72. The van der Waals surface area contributed by atoms with E-state index in [1.165, 1.54) is 11.3 Å².